The molecule has 0 saturated carbocycles. The van der Waals surface area contributed by atoms with Gasteiger partial charge in [-0.2, -0.15) is 0 Å². The second kappa shape index (κ2) is 8.86. The number of hydrogen-bond donors (Lipinski definition) is 1. The van der Waals surface area contributed by atoms with E-state index in [9.17, 15) is 0 Å². The van der Waals surface area contributed by atoms with E-state index in [1.54, 1.807) is 0 Å². The first-order valence-electron chi connectivity index (χ1n) is 6.86. The number of aliphatic hydroxyl groups excluding tert-OH is 1. The third-order valence-electron chi connectivity index (χ3n) is 3.25. The molecule has 1 fully saturated rings. The molecule has 0 aromatic rings. The summed E-state index contributed by atoms with van der Waals surface area (Å²) in [5.74, 6) is 0.637. The Balaban J connectivity index is 2.32. The van der Waals surface area contributed by atoms with Crippen molar-refractivity contribution in [1.82, 2.24) is 4.90 Å². The Kier molecular flexibility index (Phi) is 7.77. The van der Waals surface area contributed by atoms with Gasteiger partial charge in [0.15, 0.2) is 6.29 Å². The Morgan fingerprint density at radius 1 is 1.29 bits per heavy atom. The summed E-state index contributed by atoms with van der Waals surface area (Å²) in [6.07, 6.45) is 3.28. The van der Waals surface area contributed by atoms with Crippen molar-refractivity contribution < 1.29 is 14.6 Å². The summed E-state index contributed by atoms with van der Waals surface area (Å²) in [5, 5.41) is 8.99. The van der Waals surface area contributed by atoms with Crippen LogP contribution in [0, 0.1) is 5.92 Å². The highest BCUT2D eigenvalue weighted by atomic mass is 16.7. The minimum absolute atomic E-state index is 0.0992. The zero-order valence-corrected chi connectivity index (χ0v) is 11.2. The van der Waals surface area contributed by atoms with Crippen LogP contribution in [0.25, 0.3) is 0 Å². The Bertz CT molecular complexity index is 182. The van der Waals surface area contributed by atoms with Gasteiger partial charge in [-0.25, -0.2) is 0 Å². The van der Waals surface area contributed by atoms with E-state index in [4.69, 9.17) is 14.6 Å². The molecule has 0 amide bonds. The summed E-state index contributed by atoms with van der Waals surface area (Å²) in [7, 11) is 0. The van der Waals surface area contributed by atoms with E-state index in [1.807, 2.05) is 13.8 Å². The minimum atomic E-state index is -0.0992. The third kappa shape index (κ3) is 5.82. The Labute approximate surface area is 105 Å². The maximum Gasteiger partial charge on any atom is 0.170 e. The highest BCUT2D eigenvalue weighted by Crippen LogP contribution is 2.19. The molecule has 0 radical (unpaired) electrons. The van der Waals surface area contributed by atoms with Gasteiger partial charge in [0.05, 0.1) is 0 Å². The second-order valence-electron chi connectivity index (χ2n) is 4.62. The molecule has 1 atom stereocenters. The number of piperidine rings is 1. The largest absolute Gasteiger partial charge is 0.396 e. The van der Waals surface area contributed by atoms with Crippen molar-refractivity contribution in [3.8, 4) is 0 Å². The van der Waals surface area contributed by atoms with Gasteiger partial charge in [0.1, 0.15) is 0 Å². The van der Waals surface area contributed by atoms with Crippen LogP contribution in [0.5, 0.6) is 0 Å². The standard InChI is InChI=1S/C13H27NO3/c1-3-16-13(17-4-2)11-14-8-5-6-12(10-14)7-9-15/h12-13,15H,3-11H2,1-2H3. The van der Waals surface area contributed by atoms with Crippen molar-refractivity contribution in [2.24, 2.45) is 5.92 Å². The molecule has 1 N–H and O–H groups in total. The van der Waals surface area contributed by atoms with Gasteiger partial charge in [0, 0.05) is 32.9 Å². The monoisotopic (exact) mass is 245 g/mol. The fraction of sp³-hybridized carbons (Fsp3) is 1.00. The van der Waals surface area contributed by atoms with Gasteiger partial charge in [0.25, 0.3) is 0 Å². The molecule has 0 aromatic carbocycles. The summed E-state index contributed by atoms with van der Waals surface area (Å²) in [5.41, 5.74) is 0. The first-order valence-corrected chi connectivity index (χ1v) is 6.86. The first-order chi connectivity index (χ1) is 8.30. The highest BCUT2D eigenvalue weighted by Gasteiger charge is 2.22. The van der Waals surface area contributed by atoms with Crippen LogP contribution in [0.4, 0.5) is 0 Å². The summed E-state index contributed by atoms with van der Waals surface area (Å²) >= 11 is 0. The van der Waals surface area contributed by atoms with E-state index < -0.39 is 0 Å². The summed E-state index contributed by atoms with van der Waals surface area (Å²) in [4.78, 5) is 2.40. The smallest absolute Gasteiger partial charge is 0.170 e. The Morgan fingerprint density at radius 3 is 2.59 bits per heavy atom. The lowest BCUT2D eigenvalue weighted by atomic mass is 9.95. The molecule has 1 aliphatic heterocycles. The first kappa shape index (κ1) is 14.9. The fourth-order valence-electron chi connectivity index (χ4n) is 2.47. The number of aliphatic hydroxyl groups is 1. The zero-order valence-electron chi connectivity index (χ0n) is 11.2. The van der Waals surface area contributed by atoms with Gasteiger partial charge in [-0.1, -0.05) is 0 Å². The summed E-state index contributed by atoms with van der Waals surface area (Å²) < 4.78 is 11.1. The molecule has 4 heteroatoms. The highest BCUT2D eigenvalue weighted by molar-refractivity contribution is 4.73. The quantitative estimate of drug-likeness (QED) is 0.658. The van der Waals surface area contributed by atoms with Crippen LogP contribution in [0.1, 0.15) is 33.1 Å². The van der Waals surface area contributed by atoms with Crippen LogP contribution in [-0.2, 0) is 9.47 Å². The van der Waals surface area contributed by atoms with Crippen LogP contribution >= 0.6 is 0 Å². The van der Waals surface area contributed by atoms with Crippen molar-refractivity contribution in [1.29, 1.82) is 0 Å². The van der Waals surface area contributed by atoms with Crippen LogP contribution < -0.4 is 0 Å². The molecule has 0 bridgehead atoms. The number of nitrogens with zero attached hydrogens (tertiary/aromatic N) is 1. The van der Waals surface area contributed by atoms with Crippen molar-refractivity contribution >= 4 is 0 Å². The van der Waals surface area contributed by atoms with E-state index >= 15 is 0 Å². The molecule has 17 heavy (non-hydrogen) atoms. The molecule has 1 rings (SSSR count). The SMILES string of the molecule is CCOC(CN1CCCC(CCO)C1)OCC. The maximum atomic E-state index is 8.99. The second-order valence-corrected chi connectivity index (χ2v) is 4.62. The molecule has 102 valence electrons. The minimum Gasteiger partial charge on any atom is -0.396 e. The van der Waals surface area contributed by atoms with E-state index in [1.165, 1.54) is 12.8 Å². The Morgan fingerprint density at radius 2 is 2.00 bits per heavy atom. The van der Waals surface area contributed by atoms with Gasteiger partial charge in [-0.15, -0.1) is 0 Å². The topological polar surface area (TPSA) is 41.9 Å². The fourth-order valence-corrected chi connectivity index (χ4v) is 2.47. The van der Waals surface area contributed by atoms with E-state index in [-0.39, 0.29) is 6.29 Å². The molecule has 1 aliphatic rings. The molecule has 0 spiro atoms. The number of likely N-dealkylation sites (tertiary alicyclic amines) is 1. The summed E-state index contributed by atoms with van der Waals surface area (Å²) in [6.45, 7) is 8.73. The van der Waals surface area contributed by atoms with Crippen molar-refractivity contribution in [3.63, 3.8) is 0 Å². The van der Waals surface area contributed by atoms with Crippen LogP contribution in [-0.4, -0.2) is 55.8 Å². The van der Waals surface area contributed by atoms with Gasteiger partial charge >= 0.3 is 0 Å². The maximum absolute atomic E-state index is 8.99. The lowest BCUT2D eigenvalue weighted by molar-refractivity contribution is -0.149. The number of hydrogen-bond acceptors (Lipinski definition) is 4. The van der Waals surface area contributed by atoms with Crippen molar-refractivity contribution in [2.45, 2.75) is 39.4 Å². The van der Waals surface area contributed by atoms with Crippen molar-refractivity contribution in [3.05, 3.63) is 0 Å². The predicted molar refractivity (Wildman–Crippen MR) is 67.9 cm³/mol. The van der Waals surface area contributed by atoms with Crippen LogP contribution in [0.2, 0.25) is 0 Å². The lowest BCUT2D eigenvalue weighted by Gasteiger charge is -2.34. The molecule has 1 saturated heterocycles. The van der Waals surface area contributed by atoms with E-state index in [0.29, 0.717) is 25.7 Å². The molecule has 4 nitrogen and oxygen atoms in total. The number of rotatable bonds is 8. The van der Waals surface area contributed by atoms with Crippen LogP contribution in [0.15, 0.2) is 0 Å². The lowest BCUT2D eigenvalue weighted by Crippen LogP contribution is -2.42. The van der Waals surface area contributed by atoms with Gasteiger partial charge in [-0.3, -0.25) is 4.90 Å². The molecular formula is C13H27NO3. The number of ether oxygens (including phenoxy) is 2. The zero-order chi connectivity index (χ0) is 12.5. The third-order valence-corrected chi connectivity index (χ3v) is 3.25. The Hall–Kier alpha value is -0.160. The molecule has 0 aliphatic carbocycles. The molecule has 1 unspecified atom stereocenters. The van der Waals surface area contributed by atoms with Gasteiger partial charge < -0.3 is 14.6 Å². The van der Waals surface area contributed by atoms with E-state index in [0.717, 1.165) is 26.1 Å². The average Bonchev–Trinajstić information content (AvgIpc) is 2.30. The van der Waals surface area contributed by atoms with Gasteiger partial charge in [0.2, 0.25) is 0 Å². The molecular weight excluding hydrogens is 218 g/mol. The van der Waals surface area contributed by atoms with Crippen molar-refractivity contribution in [2.75, 3.05) is 39.5 Å². The average molecular weight is 245 g/mol. The normalized spacial score (nSPS) is 22.2. The van der Waals surface area contributed by atoms with Gasteiger partial charge in [-0.05, 0) is 45.6 Å². The predicted octanol–water partition coefficient (Wildman–Crippen LogP) is 1.48. The summed E-state index contributed by atoms with van der Waals surface area (Å²) in [6, 6.07) is 0. The molecule has 0 aromatic heterocycles. The van der Waals surface area contributed by atoms with Crippen LogP contribution in [0.3, 0.4) is 0 Å². The molecule has 1 heterocycles. The van der Waals surface area contributed by atoms with E-state index in [2.05, 4.69) is 4.90 Å².